The minimum Gasteiger partial charge on any atom is -0.427 e. The van der Waals surface area contributed by atoms with Crippen LogP contribution in [0.15, 0.2) is 18.2 Å². The van der Waals surface area contributed by atoms with Crippen molar-refractivity contribution >= 4 is 7.48 Å². The van der Waals surface area contributed by atoms with Crippen LogP contribution in [0.2, 0.25) is 5.82 Å². The van der Waals surface area contributed by atoms with Crippen molar-refractivity contribution in [2.24, 2.45) is 5.73 Å². The van der Waals surface area contributed by atoms with Crippen LogP contribution in [0.25, 0.3) is 0 Å². The van der Waals surface area contributed by atoms with Gasteiger partial charge in [-0.25, -0.2) is 8.78 Å². The van der Waals surface area contributed by atoms with Crippen molar-refractivity contribution in [3.8, 4) is 0 Å². The topological polar surface area (TPSA) is 47.8 Å². The Labute approximate surface area is 99.2 Å². The first-order valence-electron chi connectivity index (χ1n) is 5.53. The first-order chi connectivity index (χ1) is 8.19. The normalized spacial score (nSPS) is 20.1. The van der Waals surface area contributed by atoms with Gasteiger partial charge in [-0.15, -0.1) is 0 Å². The number of halogens is 2. The molecule has 1 aliphatic rings. The highest BCUT2D eigenvalue weighted by Gasteiger charge is 2.33. The van der Waals surface area contributed by atoms with Crippen molar-refractivity contribution in [3.05, 3.63) is 35.4 Å². The third-order valence-corrected chi connectivity index (χ3v) is 2.75. The van der Waals surface area contributed by atoms with Gasteiger partial charge < -0.3 is 15.1 Å². The van der Waals surface area contributed by atoms with Crippen molar-refractivity contribution in [1.29, 1.82) is 0 Å². The molecule has 2 N–H and O–H groups in total. The van der Waals surface area contributed by atoms with Crippen LogP contribution in [0, 0.1) is 11.6 Å². The number of ether oxygens (including phenoxy) is 1. The van der Waals surface area contributed by atoms with E-state index in [-0.39, 0.29) is 18.7 Å². The standard InChI is InChI=1S/C11H14BF2NO2/c13-8-1-7(2-9(14)4-8)3-10(11-5-16-11)12-17-6-15/h1-2,4,10-12H,3,5-6,15H2/t10-,11+/m0/s1. The molecule has 6 heteroatoms. The fraction of sp³-hybridized carbons (Fsp3) is 0.455. The van der Waals surface area contributed by atoms with E-state index in [9.17, 15) is 8.78 Å². The van der Waals surface area contributed by atoms with E-state index in [0.29, 0.717) is 26.1 Å². The average molecular weight is 241 g/mol. The summed E-state index contributed by atoms with van der Waals surface area (Å²) in [6.07, 6.45) is 0.646. The molecule has 0 saturated carbocycles. The third kappa shape index (κ3) is 3.76. The minimum absolute atomic E-state index is 0.0970. The van der Waals surface area contributed by atoms with Crippen LogP contribution in [0.5, 0.6) is 0 Å². The molecule has 0 spiro atoms. The summed E-state index contributed by atoms with van der Waals surface area (Å²) in [6.45, 7) is 0.817. The first-order valence-corrected chi connectivity index (χ1v) is 5.53. The number of nitrogens with two attached hydrogens (primary N) is 1. The highest BCUT2D eigenvalue weighted by atomic mass is 19.1. The van der Waals surface area contributed by atoms with Gasteiger partial charge in [-0.3, -0.25) is 0 Å². The summed E-state index contributed by atoms with van der Waals surface area (Å²) in [7, 11) is 0.444. The summed E-state index contributed by atoms with van der Waals surface area (Å²) in [5.74, 6) is -1.02. The van der Waals surface area contributed by atoms with E-state index in [1.165, 1.54) is 12.1 Å². The molecule has 1 saturated heterocycles. The Kier molecular flexibility index (Phi) is 4.09. The van der Waals surface area contributed by atoms with Crippen molar-refractivity contribution < 1.29 is 18.2 Å². The molecule has 17 heavy (non-hydrogen) atoms. The largest absolute Gasteiger partial charge is 0.427 e. The molecule has 92 valence electrons. The number of hydrogen-bond acceptors (Lipinski definition) is 3. The van der Waals surface area contributed by atoms with Gasteiger partial charge in [-0.2, -0.15) is 0 Å². The summed E-state index contributed by atoms with van der Waals surface area (Å²) in [6, 6.07) is 3.53. The fourth-order valence-electron chi connectivity index (χ4n) is 1.88. The molecule has 0 bridgehead atoms. The van der Waals surface area contributed by atoms with Crippen LogP contribution in [0.3, 0.4) is 0 Å². The highest BCUT2D eigenvalue weighted by Crippen LogP contribution is 2.28. The highest BCUT2D eigenvalue weighted by molar-refractivity contribution is 6.30. The molecule has 2 atom stereocenters. The summed E-state index contributed by atoms with van der Waals surface area (Å²) in [5.41, 5.74) is 5.87. The Morgan fingerprint density at radius 2 is 2.06 bits per heavy atom. The lowest BCUT2D eigenvalue weighted by Gasteiger charge is -2.12. The third-order valence-electron chi connectivity index (χ3n) is 2.75. The van der Waals surface area contributed by atoms with E-state index in [4.69, 9.17) is 15.1 Å². The van der Waals surface area contributed by atoms with Gasteiger partial charge in [0, 0.05) is 6.07 Å². The Bertz CT molecular complexity index is 367. The lowest BCUT2D eigenvalue weighted by atomic mass is 9.73. The second kappa shape index (κ2) is 5.57. The zero-order valence-corrected chi connectivity index (χ0v) is 9.36. The number of hydrogen-bond donors (Lipinski definition) is 1. The Morgan fingerprint density at radius 1 is 1.41 bits per heavy atom. The van der Waals surface area contributed by atoms with Crippen LogP contribution in [0.4, 0.5) is 8.78 Å². The summed E-state index contributed by atoms with van der Waals surface area (Å²) in [4.78, 5) is 0. The summed E-state index contributed by atoms with van der Waals surface area (Å²) < 4.78 is 36.4. The van der Waals surface area contributed by atoms with Gasteiger partial charge in [0.05, 0.1) is 19.4 Å². The van der Waals surface area contributed by atoms with Crippen molar-refractivity contribution in [1.82, 2.24) is 0 Å². The van der Waals surface area contributed by atoms with Crippen molar-refractivity contribution in [2.45, 2.75) is 18.3 Å². The molecule has 0 aromatic heterocycles. The molecule has 1 heterocycles. The molecule has 0 radical (unpaired) electrons. The number of benzene rings is 1. The van der Waals surface area contributed by atoms with Gasteiger partial charge in [0.25, 0.3) is 7.48 Å². The van der Waals surface area contributed by atoms with Gasteiger partial charge in [0.1, 0.15) is 11.6 Å². The predicted octanol–water partition coefficient (Wildman–Crippen LogP) is 0.979. The van der Waals surface area contributed by atoms with Gasteiger partial charge >= 0.3 is 0 Å². The predicted molar refractivity (Wildman–Crippen MR) is 60.8 cm³/mol. The molecule has 2 rings (SSSR count). The van der Waals surface area contributed by atoms with Crippen LogP contribution < -0.4 is 5.73 Å². The maximum atomic E-state index is 13.0. The Hall–Kier alpha value is -0.975. The van der Waals surface area contributed by atoms with Gasteiger partial charge in [0.2, 0.25) is 0 Å². The molecular formula is C11H14BF2NO2. The number of epoxide rings is 1. The zero-order chi connectivity index (χ0) is 12.3. The van der Waals surface area contributed by atoms with Crippen molar-refractivity contribution in [2.75, 3.05) is 13.3 Å². The molecule has 0 unspecified atom stereocenters. The molecule has 1 aromatic carbocycles. The fourth-order valence-corrected chi connectivity index (χ4v) is 1.88. The lowest BCUT2D eigenvalue weighted by Crippen LogP contribution is -2.19. The van der Waals surface area contributed by atoms with Crippen LogP contribution in [-0.2, 0) is 15.8 Å². The Balaban J connectivity index is 2.00. The maximum Gasteiger partial charge on any atom is 0.282 e. The van der Waals surface area contributed by atoms with Gasteiger partial charge in [-0.1, -0.05) is 0 Å². The second-order valence-electron chi connectivity index (χ2n) is 4.15. The van der Waals surface area contributed by atoms with Gasteiger partial charge in [0.15, 0.2) is 0 Å². The smallest absolute Gasteiger partial charge is 0.282 e. The zero-order valence-electron chi connectivity index (χ0n) is 9.36. The second-order valence-corrected chi connectivity index (χ2v) is 4.15. The van der Waals surface area contributed by atoms with Gasteiger partial charge in [-0.05, 0) is 29.9 Å². The molecule has 1 aliphatic heterocycles. The molecule has 0 aliphatic carbocycles. The van der Waals surface area contributed by atoms with E-state index in [2.05, 4.69) is 0 Å². The van der Waals surface area contributed by atoms with E-state index in [1.807, 2.05) is 0 Å². The van der Waals surface area contributed by atoms with Crippen LogP contribution in [-0.4, -0.2) is 26.9 Å². The quantitative estimate of drug-likeness (QED) is 0.458. The van der Waals surface area contributed by atoms with Crippen LogP contribution >= 0.6 is 0 Å². The maximum absolute atomic E-state index is 13.0. The first kappa shape index (κ1) is 12.5. The molecule has 0 amide bonds. The SMILES string of the molecule is NCOB[C@@H](Cc1cc(F)cc(F)c1)[C@H]1CO1. The summed E-state index contributed by atoms with van der Waals surface area (Å²) >= 11 is 0. The molecule has 1 aromatic rings. The molecule has 3 nitrogen and oxygen atoms in total. The van der Waals surface area contributed by atoms with E-state index in [0.717, 1.165) is 6.07 Å². The minimum atomic E-state index is -0.560. The lowest BCUT2D eigenvalue weighted by molar-refractivity contribution is 0.325. The Morgan fingerprint density at radius 3 is 2.59 bits per heavy atom. The van der Waals surface area contributed by atoms with E-state index in [1.54, 1.807) is 0 Å². The summed E-state index contributed by atoms with van der Waals surface area (Å²) in [5, 5.41) is 0. The van der Waals surface area contributed by atoms with Crippen LogP contribution in [0.1, 0.15) is 5.56 Å². The average Bonchev–Trinajstić information content (AvgIpc) is 3.06. The van der Waals surface area contributed by atoms with E-state index < -0.39 is 11.6 Å². The molecular weight excluding hydrogens is 227 g/mol. The monoisotopic (exact) mass is 241 g/mol. The molecule has 1 fully saturated rings. The van der Waals surface area contributed by atoms with E-state index >= 15 is 0 Å². The van der Waals surface area contributed by atoms with Crippen molar-refractivity contribution in [3.63, 3.8) is 0 Å². The number of rotatable bonds is 6.